The summed E-state index contributed by atoms with van der Waals surface area (Å²) < 4.78 is 10.9. The summed E-state index contributed by atoms with van der Waals surface area (Å²) in [5.41, 5.74) is 1.38. The second-order valence-electron chi connectivity index (χ2n) is 6.20. The first-order chi connectivity index (χ1) is 12.6. The first-order valence-electron chi connectivity index (χ1n) is 8.42. The molecule has 0 saturated carbocycles. The van der Waals surface area contributed by atoms with Gasteiger partial charge in [-0.15, -0.1) is 0 Å². The zero-order chi connectivity index (χ0) is 18.5. The summed E-state index contributed by atoms with van der Waals surface area (Å²) in [6.45, 7) is 0.677. The third-order valence-corrected chi connectivity index (χ3v) is 4.49. The van der Waals surface area contributed by atoms with Gasteiger partial charge in [0.2, 0.25) is 0 Å². The molecule has 1 saturated heterocycles. The van der Waals surface area contributed by atoms with Gasteiger partial charge in [-0.3, -0.25) is 4.79 Å². The first-order valence-corrected chi connectivity index (χ1v) is 8.42. The van der Waals surface area contributed by atoms with Crippen molar-refractivity contribution in [3.05, 3.63) is 65.7 Å². The monoisotopic (exact) mass is 355 g/mol. The van der Waals surface area contributed by atoms with Crippen molar-refractivity contribution in [1.29, 1.82) is 0 Å². The molecule has 1 amide bonds. The number of aliphatic carboxylic acids is 1. The predicted octanol–water partition coefficient (Wildman–Crippen LogP) is 2.58. The summed E-state index contributed by atoms with van der Waals surface area (Å²) in [7, 11) is 1.53. The SMILES string of the molecule is COC1CC(C(=O)O)N(C(=O)c2ccc(COc3ccccc3)cc2)C1. The molecule has 3 rings (SSSR count). The number of amides is 1. The van der Waals surface area contributed by atoms with Gasteiger partial charge in [0.1, 0.15) is 18.4 Å². The van der Waals surface area contributed by atoms with E-state index in [-0.39, 0.29) is 18.6 Å². The number of carbonyl (C=O) groups excluding carboxylic acids is 1. The molecule has 26 heavy (non-hydrogen) atoms. The second-order valence-corrected chi connectivity index (χ2v) is 6.20. The van der Waals surface area contributed by atoms with Gasteiger partial charge in [-0.25, -0.2) is 4.79 Å². The van der Waals surface area contributed by atoms with Crippen molar-refractivity contribution >= 4 is 11.9 Å². The number of methoxy groups -OCH3 is 1. The normalized spacial score (nSPS) is 19.3. The van der Waals surface area contributed by atoms with Gasteiger partial charge in [0.05, 0.1) is 6.10 Å². The highest BCUT2D eigenvalue weighted by atomic mass is 16.5. The van der Waals surface area contributed by atoms with Crippen LogP contribution in [0.4, 0.5) is 0 Å². The number of nitrogens with zero attached hydrogens (tertiary/aromatic N) is 1. The Hall–Kier alpha value is -2.86. The van der Waals surface area contributed by atoms with Crippen molar-refractivity contribution in [3.63, 3.8) is 0 Å². The fraction of sp³-hybridized carbons (Fsp3) is 0.300. The van der Waals surface area contributed by atoms with Gasteiger partial charge >= 0.3 is 5.97 Å². The summed E-state index contributed by atoms with van der Waals surface area (Å²) in [4.78, 5) is 25.5. The summed E-state index contributed by atoms with van der Waals surface area (Å²) in [6, 6.07) is 15.7. The number of hydrogen-bond acceptors (Lipinski definition) is 4. The molecule has 1 N–H and O–H groups in total. The molecule has 136 valence electrons. The lowest BCUT2D eigenvalue weighted by molar-refractivity contribution is -0.141. The van der Waals surface area contributed by atoms with Crippen LogP contribution in [0.1, 0.15) is 22.3 Å². The number of carboxylic acid groups (broad SMARTS) is 1. The molecule has 2 aromatic rings. The van der Waals surface area contributed by atoms with Crippen molar-refractivity contribution in [1.82, 2.24) is 4.90 Å². The van der Waals surface area contributed by atoms with E-state index in [1.165, 1.54) is 12.0 Å². The molecule has 2 unspecified atom stereocenters. The zero-order valence-electron chi connectivity index (χ0n) is 14.5. The molecule has 6 heteroatoms. The number of benzene rings is 2. The molecule has 1 aliphatic heterocycles. The van der Waals surface area contributed by atoms with Gasteiger partial charge in [0.15, 0.2) is 0 Å². The molecule has 0 bridgehead atoms. The maximum Gasteiger partial charge on any atom is 0.326 e. The zero-order valence-corrected chi connectivity index (χ0v) is 14.5. The van der Waals surface area contributed by atoms with E-state index in [1.54, 1.807) is 12.1 Å². The van der Waals surface area contributed by atoms with Gasteiger partial charge in [-0.2, -0.15) is 0 Å². The minimum Gasteiger partial charge on any atom is -0.489 e. The van der Waals surface area contributed by atoms with Crippen LogP contribution in [0.2, 0.25) is 0 Å². The average Bonchev–Trinajstić information content (AvgIpc) is 3.12. The van der Waals surface area contributed by atoms with Gasteiger partial charge in [-0.1, -0.05) is 30.3 Å². The number of rotatable bonds is 6. The quantitative estimate of drug-likeness (QED) is 0.862. The number of carboxylic acids is 1. The van der Waals surface area contributed by atoms with Crippen LogP contribution in [0.3, 0.4) is 0 Å². The van der Waals surface area contributed by atoms with E-state index in [9.17, 15) is 14.7 Å². The Labute approximate surface area is 152 Å². The highest BCUT2D eigenvalue weighted by Gasteiger charge is 2.40. The Morgan fingerprint density at radius 2 is 1.81 bits per heavy atom. The molecule has 1 fully saturated rings. The standard InChI is InChI=1S/C20H21NO5/c1-25-17-11-18(20(23)24)21(12-17)19(22)15-9-7-14(8-10-15)13-26-16-5-3-2-4-6-16/h2-10,17-18H,11-13H2,1H3,(H,23,24). The number of likely N-dealkylation sites (tertiary alicyclic amines) is 1. The van der Waals surface area contributed by atoms with Crippen molar-refractivity contribution in [3.8, 4) is 5.75 Å². The van der Waals surface area contributed by atoms with E-state index in [0.29, 0.717) is 18.6 Å². The van der Waals surface area contributed by atoms with Crippen molar-refractivity contribution in [2.24, 2.45) is 0 Å². The fourth-order valence-corrected chi connectivity index (χ4v) is 3.02. The van der Waals surface area contributed by atoms with E-state index in [1.807, 2.05) is 42.5 Å². The van der Waals surface area contributed by atoms with Crippen molar-refractivity contribution in [2.45, 2.75) is 25.2 Å². The van der Waals surface area contributed by atoms with E-state index in [0.717, 1.165) is 11.3 Å². The largest absolute Gasteiger partial charge is 0.489 e. The fourth-order valence-electron chi connectivity index (χ4n) is 3.02. The van der Waals surface area contributed by atoms with Crippen molar-refractivity contribution in [2.75, 3.05) is 13.7 Å². The lowest BCUT2D eigenvalue weighted by Crippen LogP contribution is -2.40. The molecule has 0 aromatic heterocycles. The van der Waals surface area contributed by atoms with Gasteiger partial charge in [-0.05, 0) is 29.8 Å². The van der Waals surface area contributed by atoms with Crippen LogP contribution in [0.5, 0.6) is 5.75 Å². The Kier molecular flexibility index (Phi) is 5.53. The van der Waals surface area contributed by atoms with Gasteiger partial charge in [0.25, 0.3) is 5.91 Å². The number of para-hydroxylation sites is 1. The lowest BCUT2D eigenvalue weighted by Gasteiger charge is -2.21. The van der Waals surface area contributed by atoms with E-state index in [2.05, 4.69) is 0 Å². The Bertz CT molecular complexity index is 760. The second kappa shape index (κ2) is 8.01. The number of carbonyl (C=O) groups is 2. The van der Waals surface area contributed by atoms with Gasteiger partial charge < -0.3 is 19.5 Å². The van der Waals surface area contributed by atoms with E-state index in [4.69, 9.17) is 9.47 Å². The van der Waals surface area contributed by atoms with Crippen LogP contribution in [0.25, 0.3) is 0 Å². The topological polar surface area (TPSA) is 76.1 Å². The molecule has 2 aromatic carbocycles. The van der Waals surface area contributed by atoms with Crippen LogP contribution >= 0.6 is 0 Å². The minimum absolute atomic E-state index is 0.251. The van der Waals surface area contributed by atoms with E-state index < -0.39 is 12.0 Å². The third-order valence-electron chi connectivity index (χ3n) is 4.49. The highest BCUT2D eigenvalue weighted by Crippen LogP contribution is 2.23. The smallest absolute Gasteiger partial charge is 0.326 e. The average molecular weight is 355 g/mol. The molecular formula is C20H21NO5. The molecule has 6 nitrogen and oxygen atoms in total. The van der Waals surface area contributed by atoms with Crippen LogP contribution in [0, 0.1) is 0 Å². The lowest BCUT2D eigenvalue weighted by atomic mass is 10.1. The molecule has 0 radical (unpaired) electrons. The maximum atomic E-state index is 12.7. The molecule has 1 heterocycles. The molecule has 0 spiro atoms. The Morgan fingerprint density at radius 3 is 2.42 bits per heavy atom. The highest BCUT2D eigenvalue weighted by molar-refractivity contribution is 5.97. The van der Waals surface area contributed by atoms with Crippen molar-refractivity contribution < 1.29 is 24.2 Å². The van der Waals surface area contributed by atoms with Crippen LogP contribution in [0.15, 0.2) is 54.6 Å². The number of ether oxygens (including phenoxy) is 2. The van der Waals surface area contributed by atoms with E-state index >= 15 is 0 Å². The van der Waals surface area contributed by atoms with Crippen LogP contribution < -0.4 is 4.74 Å². The minimum atomic E-state index is -1.01. The molecular weight excluding hydrogens is 334 g/mol. The predicted molar refractivity (Wildman–Crippen MR) is 95.1 cm³/mol. The molecule has 0 aliphatic carbocycles. The summed E-state index contributed by atoms with van der Waals surface area (Å²) in [6.07, 6.45) is 0.0548. The Balaban J connectivity index is 1.65. The summed E-state index contributed by atoms with van der Waals surface area (Å²) >= 11 is 0. The van der Waals surface area contributed by atoms with Crippen LogP contribution in [-0.4, -0.2) is 47.7 Å². The summed E-state index contributed by atoms with van der Waals surface area (Å²) in [5.74, 6) is -0.530. The third kappa shape index (κ3) is 4.03. The molecule has 2 atom stereocenters. The summed E-state index contributed by atoms with van der Waals surface area (Å²) in [5, 5.41) is 9.35. The first kappa shape index (κ1) is 17.9. The van der Waals surface area contributed by atoms with Crippen LogP contribution in [-0.2, 0) is 16.1 Å². The maximum absolute atomic E-state index is 12.7. The van der Waals surface area contributed by atoms with Gasteiger partial charge in [0, 0.05) is 25.6 Å². The Morgan fingerprint density at radius 1 is 1.12 bits per heavy atom. The number of hydrogen-bond donors (Lipinski definition) is 1. The molecule has 1 aliphatic rings.